The lowest BCUT2D eigenvalue weighted by Crippen LogP contribution is -2.51. The highest BCUT2D eigenvalue weighted by molar-refractivity contribution is 7.92. The van der Waals surface area contributed by atoms with Gasteiger partial charge in [-0.2, -0.15) is 0 Å². The third kappa shape index (κ3) is 7.75. The maximum absolute atomic E-state index is 14.6. The predicted molar refractivity (Wildman–Crippen MR) is 155 cm³/mol. The Labute approximate surface area is 240 Å². The summed E-state index contributed by atoms with van der Waals surface area (Å²) < 4.78 is 54.1. The number of hydrogen-bond donors (Lipinski definition) is 1. The highest BCUT2D eigenvalue weighted by Crippen LogP contribution is 2.32. The van der Waals surface area contributed by atoms with Crippen molar-refractivity contribution in [2.24, 2.45) is 5.92 Å². The van der Waals surface area contributed by atoms with Crippen LogP contribution < -0.4 is 19.1 Å². The molecule has 0 fully saturated rings. The first-order chi connectivity index (χ1) is 19.5. The Balaban J connectivity index is 2.04. The molecule has 0 radical (unpaired) electrons. The summed E-state index contributed by atoms with van der Waals surface area (Å²) in [7, 11) is -1.49. The summed E-state index contributed by atoms with van der Waals surface area (Å²) in [4.78, 5) is 28.0. The third-order valence-corrected chi connectivity index (χ3v) is 8.19. The first kappa shape index (κ1) is 31.4. The van der Waals surface area contributed by atoms with Crippen LogP contribution in [0.25, 0.3) is 0 Å². The van der Waals surface area contributed by atoms with Crippen LogP contribution >= 0.6 is 0 Å². The lowest BCUT2D eigenvalue weighted by molar-refractivity contribution is -0.139. The summed E-state index contributed by atoms with van der Waals surface area (Å²) in [6, 6.07) is 17.2. The molecule has 41 heavy (non-hydrogen) atoms. The van der Waals surface area contributed by atoms with Gasteiger partial charge in [0.2, 0.25) is 11.8 Å². The molecule has 0 heterocycles. The Morgan fingerprint density at radius 3 is 2.15 bits per heavy atom. The summed E-state index contributed by atoms with van der Waals surface area (Å²) in [5.74, 6) is -0.957. The highest BCUT2D eigenvalue weighted by Gasteiger charge is 2.33. The van der Waals surface area contributed by atoms with Gasteiger partial charge in [-0.1, -0.05) is 50.2 Å². The van der Waals surface area contributed by atoms with Gasteiger partial charge in [0.1, 0.15) is 18.4 Å². The van der Waals surface area contributed by atoms with Crippen molar-refractivity contribution in [3.63, 3.8) is 0 Å². The van der Waals surface area contributed by atoms with E-state index in [4.69, 9.17) is 9.47 Å². The number of para-hydroxylation sites is 1. The number of sulfonamides is 1. The van der Waals surface area contributed by atoms with Crippen LogP contribution in [0.1, 0.15) is 26.3 Å². The van der Waals surface area contributed by atoms with E-state index in [1.807, 2.05) is 13.8 Å². The second-order valence-electron chi connectivity index (χ2n) is 9.79. The monoisotopic (exact) mass is 585 g/mol. The minimum Gasteiger partial charge on any atom is -0.493 e. The average molecular weight is 586 g/mol. The van der Waals surface area contributed by atoms with E-state index in [1.165, 1.54) is 62.4 Å². The number of methoxy groups -OCH3 is 2. The maximum Gasteiger partial charge on any atom is 0.264 e. The number of carbonyl (C=O) groups is 2. The summed E-state index contributed by atoms with van der Waals surface area (Å²) in [5.41, 5.74) is 0.428. The van der Waals surface area contributed by atoms with Gasteiger partial charge in [0.05, 0.1) is 24.8 Å². The van der Waals surface area contributed by atoms with Gasteiger partial charge in [-0.3, -0.25) is 13.9 Å². The quantitative estimate of drug-likeness (QED) is 0.322. The molecule has 0 aliphatic rings. The summed E-state index contributed by atoms with van der Waals surface area (Å²) in [6.45, 7) is 4.91. The smallest absolute Gasteiger partial charge is 0.264 e. The number of nitrogens with zero attached hydrogens (tertiary/aromatic N) is 2. The number of anilines is 1. The number of nitrogens with one attached hydrogen (secondary N) is 1. The van der Waals surface area contributed by atoms with Crippen LogP contribution in [0.4, 0.5) is 10.1 Å². The van der Waals surface area contributed by atoms with Crippen LogP contribution in [0.15, 0.2) is 77.7 Å². The fraction of sp³-hybridized carbons (Fsp3) is 0.333. The molecule has 0 aliphatic heterocycles. The van der Waals surface area contributed by atoms with Crippen molar-refractivity contribution in [2.45, 2.75) is 38.3 Å². The van der Waals surface area contributed by atoms with Crippen molar-refractivity contribution >= 4 is 27.5 Å². The number of benzene rings is 3. The van der Waals surface area contributed by atoms with E-state index >= 15 is 0 Å². The van der Waals surface area contributed by atoms with Gasteiger partial charge in [-0.25, -0.2) is 12.8 Å². The zero-order chi connectivity index (χ0) is 30.2. The number of carbonyl (C=O) groups excluding carboxylic acids is 2. The second-order valence-corrected chi connectivity index (χ2v) is 11.7. The van der Waals surface area contributed by atoms with Crippen LogP contribution in [0.5, 0.6) is 11.5 Å². The molecule has 0 spiro atoms. The summed E-state index contributed by atoms with van der Waals surface area (Å²) in [6.07, 6.45) is 0. The second kappa shape index (κ2) is 14.0. The third-order valence-electron chi connectivity index (χ3n) is 6.42. The molecule has 3 rings (SSSR count). The van der Waals surface area contributed by atoms with Crippen molar-refractivity contribution in [3.8, 4) is 11.5 Å². The van der Waals surface area contributed by atoms with Gasteiger partial charge in [-0.15, -0.1) is 0 Å². The lowest BCUT2D eigenvalue weighted by atomic mass is 10.1. The SMILES string of the molecule is COc1ccc(S(=O)(=O)N(CC(=O)N(Cc2ccccc2F)C(C)C(=O)NCC(C)C)c2ccccc2)cc1OC. The molecule has 3 aromatic carbocycles. The fourth-order valence-electron chi connectivity index (χ4n) is 4.07. The molecule has 0 aliphatic carbocycles. The molecule has 0 aromatic heterocycles. The Morgan fingerprint density at radius 2 is 1.54 bits per heavy atom. The van der Waals surface area contributed by atoms with Crippen molar-refractivity contribution < 1.29 is 31.9 Å². The average Bonchev–Trinajstić information content (AvgIpc) is 2.97. The largest absolute Gasteiger partial charge is 0.493 e. The Hall–Kier alpha value is -4.12. The van der Waals surface area contributed by atoms with E-state index in [9.17, 15) is 22.4 Å². The minimum atomic E-state index is -4.31. The van der Waals surface area contributed by atoms with Crippen LogP contribution in [0.3, 0.4) is 0 Å². The molecule has 220 valence electrons. The molecular weight excluding hydrogens is 549 g/mol. The molecule has 3 aromatic rings. The van der Waals surface area contributed by atoms with Gasteiger partial charge in [-0.05, 0) is 43.2 Å². The van der Waals surface area contributed by atoms with E-state index in [2.05, 4.69) is 5.32 Å². The van der Waals surface area contributed by atoms with Crippen LogP contribution in [0.2, 0.25) is 0 Å². The lowest BCUT2D eigenvalue weighted by Gasteiger charge is -2.32. The van der Waals surface area contributed by atoms with Gasteiger partial charge in [0, 0.05) is 24.7 Å². The molecule has 1 N–H and O–H groups in total. The molecule has 11 heteroatoms. The van der Waals surface area contributed by atoms with E-state index in [0.29, 0.717) is 12.3 Å². The van der Waals surface area contributed by atoms with E-state index in [0.717, 1.165) is 4.31 Å². The number of ether oxygens (including phenoxy) is 2. The van der Waals surface area contributed by atoms with E-state index in [-0.39, 0.29) is 34.4 Å². The standard InChI is InChI=1S/C30H36FN3O6S/c1-21(2)18-32-30(36)22(3)33(19-23-11-9-10-14-26(23)31)29(35)20-34(24-12-7-6-8-13-24)41(37,38)25-15-16-27(39-4)28(17-25)40-5/h6-17,21-22H,18-20H2,1-5H3,(H,32,36). The minimum absolute atomic E-state index is 0.129. The number of amides is 2. The first-order valence-corrected chi connectivity index (χ1v) is 14.5. The van der Waals surface area contributed by atoms with Crippen molar-refractivity contribution in [1.82, 2.24) is 10.2 Å². The molecule has 0 saturated heterocycles. The first-order valence-electron chi connectivity index (χ1n) is 13.1. The van der Waals surface area contributed by atoms with Gasteiger partial charge in [0.15, 0.2) is 11.5 Å². The van der Waals surface area contributed by atoms with Gasteiger partial charge < -0.3 is 19.7 Å². The fourth-order valence-corrected chi connectivity index (χ4v) is 5.50. The highest BCUT2D eigenvalue weighted by atomic mass is 32.2. The van der Waals surface area contributed by atoms with E-state index < -0.39 is 40.2 Å². The molecular formula is C30H36FN3O6S. The Morgan fingerprint density at radius 1 is 0.902 bits per heavy atom. The molecule has 9 nitrogen and oxygen atoms in total. The van der Waals surface area contributed by atoms with Crippen molar-refractivity contribution in [1.29, 1.82) is 0 Å². The van der Waals surface area contributed by atoms with Crippen LogP contribution in [-0.2, 0) is 26.2 Å². The summed E-state index contributed by atoms with van der Waals surface area (Å²) in [5, 5.41) is 2.80. The van der Waals surface area contributed by atoms with Crippen LogP contribution in [-0.4, -0.2) is 58.5 Å². The number of rotatable bonds is 13. The molecule has 1 unspecified atom stereocenters. The summed E-state index contributed by atoms with van der Waals surface area (Å²) >= 11 is 0. The van der Waals surface area contributed by atoms with E-state index in [1.54, 1.807) is 36.4 Å². The molecule has 1 atom stereocenters. The van der Waals surface area contributed by atoms with Gasteiger partial charge >= 0.3 is 0 Å². The molecule has 0 saturated carbocycles. The number of halogens is 1. The molecule has 0 bridgehead atoms. The number of hydrogen-bond acceptors (Lipinski definition) is 6. The van der Waals surface area contributed by atoms with Gasteiger partial charge in [0.25, 0.3) is 10.0 Å². The van der Waals surface area contributed by atoms with Crippen LogP contribution in [0, 0.1) is 11.7 Å². The maximum atomic E-state index is 14.6. The van der Waals surface area contributed by atoms with Crippen molar-refractivity contribution in [2.75, 3.05) is 31.6 Å². The molecule has 2 amide bonds. The Kier molecular flexibility index (Phi) is 10.7. The zero-order valence-corrected chi connectivity index (χ0v) is 24.7. The zero-order valence-electron chi connectivity index (χ0n) is 23.8. The topological polar surface area (TPSA) is 105 Å². The Bertz CT molecular complexity index is 1450. The normalized spacial score (nSPS) is 12.0. The predicted octanol–water partition coefficient (Wildman–Crippen LogP) is 4.23. The van der Waals surface area contributed by atoms with Crippen molar-refractivity contribution in [3.05, 3.63) is 84.2 Å².